The largest absolute Gasteiger partial charge is 0.444 e. The highest BCUT2D eigenvalue weighted by Crippen LogP contribution is 2.08. The number of carbonyl (C=O) groups excluding carboxylic acids is 3. The summed E-state index contributed by atoms with van der Waals surface area (Å²) in [6.45, 7) is 8.10. The lowest BCUT2D eigenvalue weighted by molar-refractivity contribution is -0.127. The third kappa shape index (κ3) is 12.9. The summed E-state index contributed by atoms with van der Waals surface area (Å²) >= 11 is 0. The van der Waals surface area contributed by atoms with E-state index in [0.717, 1.165) is 25.8 Å². The van der Waals surface area contributed by atoms with Crippen LogP contribution in [-0.4, -0.2) is 49.6 Å². The fourth-order valence-corrected chi connectivity index (χ4v) is 2.15. The number of ether oxygens (including phenoxy) is 1. The van der Waals surface area contributed by atoms with Gasteiger partial charge in [-0.2, -0.15) is 0 Å². The van der Waals surface area contributed by atoms with E-state index in [0.29, 0.717) is 19.4 Å². The van der Waals surface area contributed by atoms with Crippen LogP contribution in [0.25, 0.3) is 0 Å². The van der Waals surface area contributed by atoms with Crippen LogP contribution in [0.2, 0.25) is 0 Å². The molecule has 0 saturated heterocycles. The van der Waals surface area contributed by atoms with Crippen molar-refractivity contribution >= 4 is 17.8 Å². The van der Waals surface area contributed by atoms with Crippen molar-refractivity contribution in [2.24, 2.45) is 0 Å². The molecule has 0 aromatic heterocycles. The number of unbranched alkanes of at least 4 members (excludes halogenated alkanes) is 1. The summed E-state index contributed by atoms with van der Waals surface area (Å²) in [4.78, 5) is 34.9. The van der Waals surface area contributed by atoms with Crippen molar-refractivity contribution in [1.29, 1.82) is 0 Å². The number of alkyl carbamates (subject to hydrolysis) is 1. The molecule has 0 rings (SSSR count). The van der Waals surface area contributed by atoms with Gasteiger partial charge in [-0.3, -0.25) is 9.59 Å². The highest BCUT2D eigenvalue weighted by Gasteiger charge is 2.19. The van der Waals surface area contributed by atoms with Gasteiger partial charge in [-0.1, -0.05) is 0 Å². The first-order valence-corrected chi connectivity index (χ1v) is 8.57. The first-order chi connectivity index (χ1) is 11.2. The van der Waals surface area contributed by atoms with Gasteiger partial charge in [0.2, 0.25) is 5.91 Å². The predicted octanol–water partition coefficient (Wildman–Crippen LogP) is 1.75. The molecule has 0 radical (unpaired) electrons. The Morgan fingerprint density at radius 2 is 1.71 bits per heavy atom. The number of hydrogen-bond donors (Lipinski definition) is 3. The maximum absolute atomic E-state index is 12.1. The lowest BCUT2D eigenvalue weighted by Crippen LogP contribution is -2.40. The minimum atomic E-state index is -0.514. The zero-order chi connectivity index (χ0) is 18.6. The van der Waals surface area contributed by atoms with Crippen molar-refractivity contribution in [3.05, 3.63) is 0 Å². The van der Waals surface area contributed by atoms with Crippen LogP contribution in [0.1, 0.15) is 59.8 Å². The van der Waals surface area contributed by atoms with E-state index in [1.807, 2.05) is 27.8 Å². The molecule has 3 N–H and O–H groups in total. The zero-order valence-corrected chi connectivity index (χ0v) is 15.7. The third-order valence-electron chi connectivity index (χ3n) is 3.20. The van der Waals surface area contributed by atoms with Crippen molar-refractivity contribution in [2.45, 2.75) is 71.4 Å². The van der Waals surface area contributed by atoms with E-state index in [1.165, 1.54) is 6.92 Å². The second-order valence-electron chi connectivity index (χ2n) is 6.85. The molecule has 7 nitrogen and oxygen atoms in total. The molecular formula is C17H33N3O4. The number of ketones is 1. The Balaban J connectivity index is 4.08. The quantitative estimate of drug-likeness (QED) is 0.497. The van der Waals surface area contributed by atoms with Gasteiger partial charge >= 0.3 is 6.09 Å². The second kappa shape index (κ2) is 11.8. The van der Waals surface area contributed by atoms with E-state index in [-0.39, 0.29) is 11.7 Å². The van der Waals surface area contributed by atoms with Crippen LogP contribution < -0.4 is 16.0 Å². The maximum Gasteiger partial charge on any atom is 0.407 e. The van der Waals surface area contributed by atoms with Crippen LogP contribution in [0.3, 0.4) is 0 Å². The van der Waals surface area contributed by atoms with Crippen LogP contribution in [0.15, 0.2) is 0 Å². The Morgan fingerprint density at radius 1 is 1.04 bits per heavy atom. The van der Waals surface area contributed by atoms with Gasteiger partial charge in [-0.05, 0) is 60.0 Å². The van der Waals surface area contributed by atoms with Crippen LogP contribution in [0.4, 0.5) is 4.79 Å². The highest BCUT2D eigenvalue weighted by molar-refractivity contribution is 5.88. The monoisotopic (exact) mass is 343 g/mol. The van der Waals surface area contributed by atoms with E-state index in [1.54, 1.807) is 0 Å². The molecule has 140 valence electrons. The number of Topliss-reactive ketones (excluding diaryl/α,β-unsaturated/α-hetero) is 1. The number of nitrogens with one attached hydrogen (secondary N) is 3. The lowest BCUT2D eigenvalue weighted by atomic mass is 10.0. The zero-order valence-electron chi connectivity index (χ0n) is 15.7. The molecule has 0 heterocycles. The van der Waals surface area contributed by atoms with Gasteiger partial charge < -0.3 is 20.7 Å². The average Bonchev–Trinajstić information content (AvgIpc) is 2.43. The molecule has 1 atom stereocenters. The lowest BCUT2D eigenvalue weighted by Gasteiger charge is -2.20. The van der Waals surface area contributed by atoms with Crippen LogP contribution >= 0.6 is 0 Å². The fraction of sp³-hybridized carbons (Fsp3) is 0.824. The summed E-state index contributed by atoms with van der Waals surface area (Å²) < 4.78 is 5.14. The Kier molecular flexibility index (Phi) is 11.0. The average molecular weight is 343 g/mol. The summed E-state index contributed by atoms with van der Waals surface area (Å²) in [5.74, 6) is -0.144. The molecule has 0 aliphatic rings. The molecule has 0 aliphatic carbocycles. The molecule has 0 saturated carbocycles. The van der Waals surface area contributed by atoms with E-state index < -0.39 is 17.7 Å². The fourth-order valence-electron chi connectivity index (χ4n) is 2.15. The Hall–Kier alpha value is -1.63. The Morgan fingerprint density at radius 3 is 2.25 bits per heavy atom. The molecule has 0 aromatic rings. The van der Waals surface area contributed by atoms with Crippen molar-refractivity contribution in [2.75, 3.05) is 20.1 Å². The third-order valence-corrected chi connectivity index (χ3v) is 3.20. The molecule has 0 bridgehead atoms. The molecule has 0 fully saturated rings. The second-order valence-corrected chi connectivity index (χ2v) is 6.85. The Bertz CT molecular complexity index is 405. The molecule has 24 heavy (non-hydrogen) atoms. The first-order valence-electron chi connectivity index (χ1n) is 8.57. The van der Waals surface area contributed by atoms with Gasteiger partial charge in [0.05, 0.1) is 6.04 Å². The molecule has 0 aliphatic heterocycles. The van der Waals surface area contributed by atoms with Gasteiger partial charge in [0.1, 0.15) is 5.60 Å². The predicted molar refractivity (Wildman–Crippen MR) is 93.9 cm³/mol. The first kappa shape index (κ1) is 22.4. The number of amides is 2. The minimum absolute atomic E-state index is 0.0561. The van der Waals surface area contributed by atoms with E-state index in [2.05, 4.69) is 16.0 Å². The van der Waals surface area contributed by atoms with Gasteiger partial charge in [0, 0.05) is 19.9 Å². The van der Waals surface area contributed by atoms with Crippen LogP contribution in [-0.2, 0) is 14.3 Å². The van der Waals surface area contributed by atoms with Crippen LogP contribution in [0, 0.1) is 0 Å². The highest BCUT2D eigenvalue weighted by atomic mass is 16.6. The molecule has 0 unspecified atom stereocenters. The molecule has 0 aromatic carbocycles. The summed E-state index contributed by atoms with van der Waals surface area (Å²) in [7, 11) is 1.84. The van der Waals surface area contributed by atoms with Crippen molar-refractivity contribution in [3.8, 4) is 0 Å². The summed E-state index contributed by atoms with van der Waals surface area (Å²) in [5, 5.41) is 8.40. The molecule has 0 spiro atoms. The molecule has 2 amide bonds. The summed E-state index contributed by atoms with van der Waals surface area (Å²) in [5.41, 5.74) is -0.514. The summed E-state index contributed by atoms with van der Waals surface area (Å²) in [6.07, 6.45) is 2.79. The number of hydrogen-bond acceptors (Lipinski definition) is 5. The van der Waals surface area contributed by atoms with E-state index >= 15 is 0 Å². The van der Waals surface area contributed by atoms with E-state index in [9.17, 15) is 14.4 Å². The van der Waals surface area contributed by atoms with Crippen molar-refractivity contribution in [1.82, 2.24) is 16.0 Å². The minimum Gasteiger partial charge on any atom is -0.444 e. The maximum atomic E-state index is 12.1. The standard InChI is InChI=1S/C17H33N3O4/c1-13(21)20-14(15(22)10-8-11-18-5)9-6-7-12-19-16(23)24-17(2,3)4/h14,18H,6-12H2,1-5H3,(H,19,23)(H,20,21)/t14-/m0/s1. The smallest absolute Gasteiger partial charge is 0.407 e. The SMILES string of the molecule is CNCCCC(=O)[C@H](CCCCNC(=O)OC(C)(C)C)NC(C)=O. The van der Waals surface area contributed by atoms with Gasteiger partial charge in [0.25, 0.3) is 0 Å². The topological polar surface area (TPSA) is 96.5 Å². The normalized spacial score (nSPS) is 12.4. The Labute approximate surface area is 145 Å². The molecular weight excluding hydrogens is 310 g/mol. The number of rotatable bonds is 11. The van der Waals surface area contributed by atoms with Crippen molar-refractivity contribution in [3.63, 3.8) is 0 Å². The van der Waals surface area contributed by atoms with Crippen LogP contribution in [0.5, 0.6) is 0 Å². The van der Waals surface area contributed by atoms with Crippen molar-refractivity contribution < 1.29 is 19.1 Å². The van der Waals surface area contributed by atoms with Gasteiger partial charge in [-0.25, -0.2) is 4.79 Å². The van der Waals surface area contributed by atoms with Gasteiger partial charge in [-0.15, -0.1) is 0 Å². The molecule has 7 heteroatoms. The van der Waals surface area contributed by atoms with Gasteiger partial charge in [0.15, 0.2) is 5.78 Å². The van der Waals surface area contributed by atoms with E-state index in [4.69, 9.17) is 4.74 Å². The number of carbonyl (C=O) groups is 3. The summed E-state index contributed by atoms with van der Waals surface area (Å²) in [6, 6.07) is -0.444.